The highest BCUT2D eigenvalue weighted by molar-refractivity contribution is 5.83. The van der Waals surface area contributed by atoms with E-state index >= 15 is 0 Å². The molecule has 0 aliphatic carbocycles. The molecular formula is C7H12N2O2. The Bertz CT molecular complexity index is 170. The molecule has 4 nitrogen and oxygen atoms in total. The molecule has 2 N–H and O–H groups in total. The summed E-state index contributed by atoms with van der Waals surface area (Å²) in [5, 5.41) is 0. The van der Waals surface area contributed by atoms with Crippen LogP contribution >= 0.6 is 0 Å². The minimum absolute atomic E-state index is 0.0214. The lowest BCUT2D eigenvalue weighted by Gasteiger charge is -2.13. The van der Waals surface area contributed by atoms with Crippen LogP contribution in [0.3, 0.4) is 0 Å². The van der Waals surface area contributed by atoms with Gasteiger partial charge in [0.25, 0.3) is 0 Å². The van der Waals surface area contributed by atoms with E-state index in [1.807, 2.05) is 0 Å². The van der Waals surface area contributed by atoms with Crippen molar-refractivity contribution in [1.82, 2.24) is 4.90 Å². The molecule has 11 heavy (non-hydrogen) atoms. The molecule has 1 atom stereocenters. The summed E-state index contributed by atoms with van der Waals surface area (Å²) in [4.78, 5) is 22.7. The number of carbonyl (C=O) groups excluding carboxylic acids is 2. The number of carbonyl (C=O) groups is 2. The molecule has 1 aliphatic rings. The fourth-order valence-corrected chi connectivity index (χ4v) is 1.19. The minimum Gasteiger partial charge on any atom is -0.341 e. The topological polar surface area (TPSA) is 63.4 Å². The van der Waals surface area contributed by atoms with Crippen molar-refractivity contribution in [2.24, 2.45) is 5.73 Å². The molecule has 1 fully saturated rings. The van der Waals surface area contributed by atoms with Crippen LogP contribution < -0.4 is 5.73 Å². The number of hydrogen-bond acceptors (Lipinski definition) is 3. The molecule has 0 bridgehead atoms. The number of nitrogens with two attached hydrogens (primary N) is 1. The summed E-state index contributed by atoms with van der Waals surface area (Å²) in [5.74, 6) is -0.0214. The van der Waals surface area contributed by atoms with Gasteiger partial charge in [0, 0.05) is 19.5 Å². The van der Waals surface area contributed by atoms with Gasteiger partial charge in [-0.25, -0.2) is 0 Å². The molecule has 1 heterocycles. The zero-order valence-corrected chi connectivity index (χ0v) is 6.32. The Kier molecular flexibility index (Phi) is 2.59. The monoisotopic (exact) mass is 156 g/mol. The maximum absolute atomic E-state index is 11.1. The fraction of sp³-hybridized carbons (Fsp3) is 0.714. The number of rotatable bonds is 3. The van der Waals surface area contributed by atoms with Crippen molar-refractivity contribution in [1.29, 1.82) is 0 Å². The summed E-state index contributed by atoms with van der Waals surface area (Å²) >= 11 is 0. The molecule has 0 unspecified atom stereocenters. The van der Waals surface area contributed by atoms with Crippen molar-refractivity contribution >= 4 is 12.2 Å². The maximum atomic E-state index is 11.1. The second-order valence-corrected chi connectivity index (χ2v) is 2.68. The predicted octanol–water partition coefficient (Wildman–Crippen LogP) is -0.865. The first-order valence-electron chi connectivity index (χ1n) is 3.73. The van der Waals surface area contributed by atoms with E-state index in [-0.39, 0.29) is 11.9 Å². The van der Waals surface area contributed by atoms with Crippen molar-refractivity contribution in [2.45, 2.75) is 18.9 Å². The van der Waals surface area contributed by atoms with E-state index in [0.717, 1.165) is 12.7 Å². The summed E-state index contributed by atoms with van der Waals surface area (Å²) in [5.41, 5.74) is 5.46. The fourth-order valence-electron chi connectivity index (χ4n) is 1.19. The van der Waals surface area contributed by atoms with Gasteiger partial charge in [-0.15, -0.1) is 0 Å². The second kappa shape index (κ2) is 3.48. The zero-order chi connectivity index (χ0) is 8.27. The van der Waals surface area contributed by atoms with E-state index in [1.54, 1.807) is 4.90 Å². The van der Waals surface area contributed by atoms with E-state index in [2.05, 4.69) is 0 Å². The first kappa shape index (κ1) is 8.20. The first-order valence-corrected chi connectivity index (χ1v) is 3.73. The Morgan fingerprint density at radius 3 is 2.91 bits per heavy atom. The third kappa shape index (κ3) is 1.77. The molecule has 1 aliphatic heterocycles. The smallest absolute Gasteiger partial charge is 0.239 e. The first-order chi connectivity index (χ1) is 5.25. The van der Waals surface area contributed by atoms with Crippen LogP contribution in [0, 0.1) is 0 Å². The van der Waals surface area contributed by atoms with E-state index in [1.165, 1.54) is 0 Å². The third-order valence-corrected chi connectivity index (χ3v) is 1.86. The normalized spacial score (nSPS) is 24.3. The molecule has 4 heteroatoms. The molecule has 0 aromatic rings. The van der Waals surface area contributed by atoms with Gasteiger partial charge in [-0.2, -0.15) is 0 Å². The summed E-state index contributed by atoms with van der Waals surface area (Å²) in [6.45, 7) is 1.23. The van der Waals surface area contributed by atoms with Crippen LogP contribution in [-0.2, 0) is 9.59 Å². The van der Waals surface area contributed by atoms with Crippen LogP contribution in [0.4, 0.5) is 0 Å². The molecule has 0 spiro atoms. The number of nitrogens with zero attached hydrogens (tertiary/aromatic N) is 1. The molecule has 0 saturated carbocycles. The molecular weight excluding hydrogens is 144 g/mol. The summed E-state index contributed by atoms with van der Waals surface area (Å²) in [6, 6.07) is -0.332. The average Bonchev–Trinajstić information content (AvgIpc) is 2.31. The lowest BCUT2D eigenvalue weighted by molar-refractivity contribution is -0.128. The molecule has 0 radical (unpaired) electrons. The van der Waals surface area contributed by atoms with Crippen LogP contribution in [0.15, 0.2) is 0 Å². The lowest BCUT2D eigenvalue weighted by Crippen LogP contribution is -2.34. The Hall–Kier alpha value is -0.900. The summed E-state index contributed by atoms with van der Waals surface area (Å²) in [7, 11) is 0. The molecule has 1 saturated heterocycles. The molecule has 0 aromatic carbocycles. The standard InChI is InChI=1S/C7H12N2O2/c8-6-2-4-9(7(6)11)3-1-5-10/h5-6H,1-4,8H2/t6-/m1/s1. The quantitative estimate of drug-likeness (QED) is 0.540. The predicted molar refractivity (Wildman–Crippen MR) is 39.9 cm³/mol. The highest BCUT2D eigenvalue weighted by Crippen LogP contribution is 2.08. The summed E-state index contributed by atoms with van der Waals surface area (Å²) < 4.78 is 0. The Morgan fingerprint density at radius 2 is 2.45 bits per heavy atom. The van der Waals surface area contributed by atoms with Gasteiger partial charge in [0.1, 0.15) is 6.29 Å². The Balaban J connectivity index is 2.36. The molecule has 62 valence electrons. The highest BCUT2D eigenvalue weighted by Gasteiger charge is 2.27. The van der Waals surface area contributed by atoms with Crippen molar-refractivity contribution in [3.63, 3.8) is 0 Å². The van der Waals surface area contributed by atoms with E-state index in [9.17, 15) is 9.59 Å². The number of amides is 1. The van der Waals surface area contributed by atoms with Gasteiger partial charge in [0.2, 0.25) is 5.91 Å². The number of hydrogen-bond donors (Lipinski definition) is 1. The van der Waals surface area contributed by atoms with Gasteiger partial charge in [-0.05, 0) is 6.42 Å². The molecule has 0 aromatic heterocycles. The number of likely N-dealkylation sites (tertiary alicyclic amines) is 1. The van der Waals surface area contributed by atoms with Gasteiger partial charge in [0.15, 0.2) is 0 Å². The highest BCUT2D eigenvalue weighted by atomic mass is 16.2. The van der Waals surface area contributed by atoms with Crippen molar-refractivity contribution in [2.75, 3.05) is 13.1 Å². The average molecular weight is 156 g/mol. The Labute approximate surface area is 65.3 Å². The van der Waals surface area contributed by atoms with Crippen LogP contribution in [-0.4, -0.2) is 36.2 Å². The SMILES string of the molecule is N[C@@H]1CCN(CCC=O)C1=O. The van der Waals surface area contributed by atoms with Gasteiger partial charge >= 0.3 is 0 Å². The molecule has 1 rings (SSSR count). The third-order valence-electron chi connectivity index (χ3n) is 1.86. The van der Waals surface area contributed by atoms with Crippen LogP contribution in [0.1, 0.15) is 12.8 Å². The molecule has 1 amide bonds. The summed E-state index contributed by atoms with van der Waals surface area (Å²) in [6.07, 6.45) is 1.95. The van der Waals surface area contributed by atoms with Crippen molar-refractivity contribution < 1.29 is 9.59 Å². The van der Waals surface area contributed by atoms with E-state index in [4.69, 9.17) is 5.73 Å². The minimum atomic E-state index is -0.332. The van der Waals surface area contributed by atoms with Gasteiger partial charge in [-0.3, -0.25) is 4.79 Å². The van der Waals surface area contributed by atoms with E-state index < -0.39 is 0 Å². The van der Waals surface area contributed by atoms with Crippen LogP contribution in [0.5, 0.6) is 0 Å². The lowest BCUT2D eigenvalue weighted by atomic mass is 10.3. The van der Waals surface area contributed by atoms with Crippen molar-refractivity contribution in [3.8, 4) is 0 Å². The van der Waals surface area contributed by atoms with Crippen LogP contribution in [0.2, 0.25) is 0 Å². The number of aldehydes is 1. The second-order valence-electron chi connectivity index (χ2n) is 2.68. The van der Waals surface area contributed by atoms with E-state index in [0.29, 0.717) is 19.5 Å². The largest absolute Gasteiger partial charge is 0.341 e. The maximum Gasteiger partial charge on any atom is 0.239 e. The van der Waals surface area contributed by atoms with Crippen LogP contribution in [0.25, 0.3) is 0 Å². The van der Waals surface area contributed by atoms with Crippen molar-refractivity contribution in [3.05, 3.63) is 0 Å². The van der Waals surface area contributed by atoms with Gasteiger partial charge in [-0.1, -0.05) is 0 Å². The Morgan fingerprint density at radius 1 is 1.73 bits per heavy atom. The van der Waals surface area contributed by atoms with Gasteiger partial charge < -0.3 is 15.4 Å². The van der Waals surface area contributed by atoms with Gasteiger partial charge in [0.05, 0.1) is 6.04 Å². The zero-order valence-electron chi connectivity index (χ0n) is 6.32.